The summed E-state index contributed by atoms with van der Waals surface area (Å²) < 4.78 is 15.9. The second kappa shape index (κ2) is 3.14. The zero-order valence-electron chi connectivity index (χ0n) is 6.66. The second-order valence-electron chi connectivity index (χ2n) is 2.73. The van der Waals surface area contributed by atoms with Gasteiger partial charge in [-0.3, -0.25) is 0 Å². The third-order valence-electron chi connectivity index (χ3n) is 1.33. The van der Waals surface area contributed by atoms with Crippen LogP contribution in [0.15, 0.2) is 0 Å². The van der Waals surface area contributed by atoms with Crippen molar-refractivity contribution in [1.29, 1.82) is 0 Å². The van der Waals surface area contributed by atoms with Crippen molar-refractivity contribution in [3.05, 3.63) is 0 Å². The smallest absolute Gasteiger partial charge is 0.270 e. The lowest BCUT2D eigenvalue weighted by atomic mass is 10.4. The summed E-state index contributed by atoms with van der Waals surface area (Å²) >= 11 is 0. The summed E-state index contributed by atoms with van der Waals surface area (Å²) in [7, 11) is 0.215. The molecule has 0 amide bonds. The first kappa shape index (κ1) is 8.41. The van der Waals surface area contributed by atoms with E-state index in [2.05, 4.69) is 0 Å². The molecule has 0 aliphatic carbocycles. The number of hydrogen-bond acceptors (Lipinski definition) is 3. The molecule has 1 atom stereocenters. The van der Waals surface area contributed by atoms with Crippen molar-refractivity contribution in [3.63, 3.8) is 0 Å². The maximum Gasteiger partial charge on any atom is 0.270 e. The topological polar surface area (TPSA) is 27.7 Å². The Morgan fingerprint density at radius 3 is 2.70 bits per heavy atom. The Morgan fingerprint density at radius 1 is 1.60 bits per heavy atom. The fraction of sp³-hybridized carbons (Fsp3) is 1.00. The zero-order chi connectivity index (χ0) is 7.61. The van der Waals surface area contributed by atoms with E-state index >= 15 is 0 Å². The van der Waals surface area contributed by atoms with E-state index in [0.29, 0.717) is 13.2 Å². The van der Waals surface area contributed by atoms with Crippen molar-refractivity contribution in [2.75, 3.05) is 33.7 Å². The maximum absolute atomic E-state index is 5.55. The van der Waals surface area contributed by atoms with Crippen LogP contribution in [0.25, 0.3) is 0 Å². The molecule has 0 unspecified atom stereocenters. The largest absolute Gasteiger partial charge is 0.382 e. The van der Waals surface area contributed by atoms with E-state index < -0.39 is 7.72 Å². The van der Waals surface area contributed by atoms with Crippen LogP contribution in [0, 0.1) is 0 Å². The van der Waals surface area contributed by atoms with Crippen LogP contribution in [0.1, 0.15) is 0 Å². The van der Waals surface area contributed by atoms with Crippen LogP contribution in [0.5, 0.6) is 0 Å². The highest BCUT2D eigenvalue weighted by Crippen LogP contribution is 2.58. The van der Waals surface area contributed by atoms with Crippen molar-refractivity contribution in [1.82, 2.24) is 0 Å². The quantitative estimate of drug-likeness (QED) is 0.574. The molecule has 0 aromatic heterocycles. The molecule has 1 saturated heterocycles. The van der Waals surface area contributed by atoms with E-state index in [4.69, 9.17) is 13.8 Å². The molecule has 0 spiro atoms. The minimum absolute atomic E-state index is 0.160. The van der Waals surface area contributed by atoms with Gasteiger partial charge >= 0.3 is 0 Å². The van der Waals surface area contributed by atoms with Gasteiger partial charge in [0.1, 0.15) is 19.9 Å². The first-order valence-electron chi connectivity index (χ1n) is 3.30. The van der Waals surface area contributed by atoms with Gasteiger partial charge in [0.25, 0.3) is 7.72 Å². The summed E-state index contributed by atoms with van der Waals surface area (Å²) in [5.74, 6) is 0. The lowest BCUT2D eigenvalue weighted by Crippen LogP contribution is -2.15. The average Bonchev–Trinajstić information content (AvgIpc) is 2.12. The number of ether oxygens (including phenoxy) is 1. The molecule has 0 aromatic rings. The summed E-state index contributed by atoms with van der Waals surface area (Å²) in [5, 5.41) is 0. The summed E-state index contributed by atoms with van der Waals surface area (Å²) in [4.78, 5) is 0. The van der Waals surface area contributed by atoms with E-state index in [1.807, 2.05) is 13.3 Å². The molecular formula is C6H14O3P+. The third kappa shape index (κ3) is 2.17. The fourth-order valence-corrected chi connectivity index (χ4v) is 2.37. The van der Waals surface area contributed by atoms with Crippen molar-refractivity contribution in [2.45, 2.75) is 6.10 Å². The first-order valence-corrected chi connectivity index (χ1v) is 5.82. The molecule has 3 nitrogen and oxygen atoms in total. The summed E-state index contributed by atoms with van der Waals surface area (Å²) in [5.41, 5.74) is 0. The van der Waals surface area contributed by atoms with Gasteiger partial charge in [-0.2, -0.15) is 4.52 Å². The van der Waals surface area contributed by atoms with Gasteiger partial charge in [0.2, 0.25) is 0 Å². The molecule has 1 rings (SSSR count). The predicted octanol–water partition coefficient (Wildman–Crippen LogP) is 1.16. The standard InChI is InChI=1S/C6H14O3P/c1-7-4-6-5-8-10(2,3)9-6/h6H,4-5H2,1-3H3/q+1/t6-/m1/s1. The molecule has 1 aliphatic heterocycles. The van der Waals surface area contributed by atoms with Crippen LogP contribution in [-0.2, 0) is 13.8 Å². The minimum atomic E-state index is -1.46. The van der Waals surface area contributed by atoms with E-state index in [9.17, 15) is 0 Å². The molecule has 60 valence electrons. The lowest BCUT2D eigenvalue weighted by Gasteiger charge is -2.06. The van der Waals surface area contributed by atoms with Gasteiger partial charge < -0.3 is 4.74 Å². The normalized spacial score (nSPS) is 30.9. The Morgan fingerprint density at radius 2 is 2.30 bits per heavy atom. The Bertz CT molecular complexity index is 116. The Kier molecular flexibility index (Phi) is 2.64. The monoisotopic (exact) mass is 165 g/mol. The maximum atomic E-state index is 5.55. The van der Waals surface area contributed by atoms with Gasteiger partial charge in [-0.05, 0) is 0 Å². The highest BCUT2D eigenvalue weighted by atomic mass is 31.2. The molecule has 0 aromatic carbocycles. The Hall–Kier alpha value is 0.310. The van der Waals surface area contributed by atoms with Gasteiger partial charge in [-0.25, -0.2) is 4.52 Å². The van der Waals surface area contributed by atoms with Crippen LogP contribution in [0.3, 0.4) is 0 Å². The van der Waals surface area contributed by atoms with Crippen molar-refractivity contribution < 1.29 is 13.8 Å². The van der Waals surface area contributed by atoms with Crippen LogP contribution in [-0.4, -0.2) is 39.8 Å². The third-order valence-corrected chi connectivity index (χ3v) is 2.90. The molecule has 4 heteroatoms. The van der Waals surface area contributed by atoms with Gasteiger partial charge in [-0.1, -0.05) is 0 Å². The van der Waals surface area contributed by atoms with Crippen LogP contribution in [0.2, 0.25) is 0 Å². The number of rotatable bonds is 2. The van der Waals surface area contributed by atoms with E-state index in [1.165, 1.54) is 0 Å². The van der Waals surface area contributed by atoms with Gasteiger partial charge in [-0.15, -0.1) is 0 Å². The number of methoxy groups -OCH3 is 1. The molecular weight excluding hydrogens is 151 g/mol. The van der Waals surface area contributed by atoms with Crippen molar-refractivity contribution >= 4 is 7.72 Å². The molecule has 10 heavy (non-hydrogen) atoms. The molecule has 0 bridgehead atoms. The summed E-state index contributed by atoms with van der Waals surface area (Å²) in [6.45, 7) is 5.36. The SMILES string of the molecule is COC[C@@H]1CO[P+](C)(C)O1. The summed E-state index contributed by atoms with van der Waals surface area (Å²) in [6.07, 6.45) is 0.160. The van der Waals surface area contributed by atoms with Crippen LogP contribution >= 0.6 is 7.72 Å². The van der Waals surface area contributed by atoms with E-state index in [0.717, 1.165) is 0 Å². The van der Waals surface area contributed by atoms with E-state index in [1.54, 1.807) is 7.11 Å². The zero-order valence-corrected chi connectivity index (χ0v) is 7.56. The second-order valence-corrected chi connectivity index (χ2v) is 5.70. The Balaban J connectivity index is 2.29. The molecule has 0 radical (unpaired) electrons. The van der Waals surface area contributed by atoms with Crippen molar-refractivity contribution in [3.8, 4) is 0 Å². The van der Waals surface area contributed by atoms with Gasteiger partial charge in [0, 0.05) is 7.11 Å². The van der Waals surface area contributed by atoms with Crippen molar-refractivity contribution in [2.24, 2.45) is 0 Å². The fourth-order valence-electron chi connectivity index (χ4n) is 0.947. The average molecular weight is 165 g/mol. The molecule has 0 saturated carbocycles. The highest BCUT2D eigenvalue weighted by molar-refractivity contribution is 7.65. The molecule has 1 aliphatic rings. The first-order chi connectivity index (χ1) is 4.64. The van der Waals surface area contributed by atoms with Gasteiger partial charge in [0.05, 0.1) is 6.61 Å². The molecule has 1 fully saturated rings. The van der Waals surface area contributed by atoms with Crippen LogP contribution in [0.4, 0.5) is 0 Å². The van der Waals surface area contributed by atoms with Gasteiger partial charge in [0.15, 0.2) is 6.10 Å². The number of hydrogen-bond donors (Lipinski definition) is 0. The van der Waals surface area contributed by atoms with E-state index in [-0.39, 0.29) is 6.10 Å². The lowest BCUT2D eigenvalue weighted by molar-refractivity contribution is 0.0958. The van der Waals surface area contributed by atoms with Crippen LogP contribution < -0.4 is 0 Å². The highest BCUT2D eigenvalue weighted by Gasteiger charge is 2.41. The molecule has 1 heterocycles. The minimum Gasteiger partial charge on any atom is -0.382 e. The Labute approximate surface area is 62.2 Å². The predicted molar refractivity (Wildman–Crippen MR) is 41.5 cm³/mol. The summed E-state index contributed by atoms with van der Waals surface area (Å²) in [6, 6.07) is 0. The molecule has 0 N–H and O–H groups in total.